The van der Waals surface area contributed by atoms with Crippen LogP contribution in [-0.4, -0.2) is 65.0 Å². The van der Waals surface area contributed by atoms with Gasteiger partial charge in [-0.3, -0.25) is 14.5 Å². The molecule has 0 spiro atoms. The van der Waals surface area contributed by atoms with Crippen molar-refractivity contribution in [3.8, 4) is 0 Å². The number of thioether (sulfide) groups is 1. The monoisotopic (exact) mass is 653 g/mol. The summed E-state index contributed by atoms with van der Waals surface area (Å²) in [6.45, 7) is 5.17. The third kappa shape index (κ3) is 11.6. The van der Waals surface area contributed by atoms with Gasteiger partial charge in [-0.05, 0) is 70.2 Å². The minimum Gasteiger partial charge on any atom is -0.480 e. The molecule has 2 amide bonds. The molecule has 4 aromatic carbocycles. The van der Waals surface area contributed by atoms with Crippen molar-refractivity contribution in [1.29, 1.82) is 0 Å². The molecular weight excluding hydrogens is 607 g/mol. The largest absolute Gasteiger partial charge is 0.480 e. The quantitative estimate of drug-likeness (QED) is 0.116. The SMILES string of the molecule is CSCC[C@H](NC(=O)CN(Cc1cccc2ccccc12)C[C@H](CC(C)C)NC(=O)Cc1ccccc1Cc1ccccc1)C(=O)O. The number of carbonyl (C=O) groups is 3. The Hall–Kier alpha value is -4.14. The molecule has 0 aliphatic heterocycles. The van der Waals surface area contributed by atoms with E-state index in [1.54, 1.807) is 11.8 Å². The van der Waals surface area contributed by atoms with Gasteiger partial charge >= 0.3 is 5.97 Å². The lowest BCUT2D eigenvalue weighted by Gasteiger charge is -2.30. The molecule has 0 fully saturated rings. The molecule has 2 atom stereocenters. The Bertz CT molecular complexity index is 1610. The van der Waals surface area contributed by atoms with Crippen LogP contribution in [0.2, 0.25) is 0 Å². The number of nitrogens with one attached hydrogen (secondary N) is 2. The number of aliphatic carboxylic acids is 1. The van der Waals surface area contributed by atoms with Crippen molar-refractivity contribution in [3.63, 3.8) is 0 Å². The third-order valence-electron chi connectivity index (χ3n) is 8.19. The molecule has 0 aliphatic rings. The first-order valence-electron chi connectivity index (χ1n) is 16.3. The van der Waals surface area contributed by atoms with Crippen LogP contribution in [-0.2, 0) is 33.8 Å². The molecule has 0 heterocycles. The van der Waals surface area contributed by atoms with Crippen molar-refractivity contribution >= 4 is 40.3 Å². The lowest BCUT2D eigenvalue weighted by Crippen LogP contribution is -2.49. The number of carbonyl (C=O) groups excluding carboxylic acids is 2. The summed E-state index contributed by atoms with van der Waals surface area (Å²) in [4.78, 5) is 40.8. The van der Waals surface area contributed by atoms with Gasteiger partial charge in [-0.1, -0.05) is 111 Å². The number of hydrogen-bond donors (Lipinski definition) is 3. The van der Waals surface area contributed by atoms with E-state index in [1.807, 2.05) is 65.8 Å². The number of hydrogen-bond acceptors (Lipinski definition) is 5. The van der Waals surface area contributed by atoms with Crippen LogP contribution in [0.25, 0.3) is 10.8 Å². The molecule has 0 unspecified atom stereocenters. The van der Waals surface area contributed by atoms with Gasteiger partial charge in [-0.25, -0.2) is 4.79 Å². The molecule has 0 aromatic heterocycles. The summed E-state index contributed by atoms with van der Waals surface area (Å²) < 4.78 is 0. The molecule has 0 saturated carbocycles. The van der Waals surface area contributed by atoms with Gasteiger partial charge in [0.2, 0.25) is 11.8 Å². The van der Waals surface area contributed by atoms with Crippen LogP contribution in [0.15, 0.2) is 97.1 Å². The van der Waals surface area contributed by atoms with Crippen LogP contribution >= 0.6 is 11.8 Å². The van der Waals surface area contributed by atoms with Gasteiger partial charge in [0.1, 0.15) is 6.04 Å². The zero-order valence-corrected chi connectivity index (χ0v) is 28.5. The van der Waals surface area contributed by atoms with E-state index in [2.05, 4.69) is 66.9 Å². The maximum Gasteiger partial charge on any atom is 0.326 e. The summed E-state index contributed by atoms with van der Waals surface area (Å²) in [5.74, 6) is -0.502. The maximum atomic E-state index is 13.6. The van der Waals surface area contributed by atoms with Crippen LogP contribution < -0.4 is 10.6 Å². The molecule has 4 rings (SSSR count). The third-order valence-corrected chi connectivity index (χ3v) is 8.84. The van der Waals surface area contributed by atoms with Crippen LogP contribution in [0, 0.1) is 5.92 Å². The second-order valence-corrected chi connectivity index (χ2v) is 13.5. The predicted octanol–water partition coefficient (Wildman–Crippen LogP) is 6.33. The van der Waals surface area contributed by atoms with Gasteiger partial charge in [0.25, 0.3) is 0 Å². The Morgan fingerprint density at radius 1 is 0.787 bits per heavy atom. The lowest BCUT2D eigenvalue weighted by atomic mass is 9.97. The molecule has 7 nitrogen and oxygen atoms in total. The molecule has 0 radical (unpaired) electrons. The zero-order valence-electron chi connectivity index (χ0n) is 27.7. The summed E-state index contributed by atoms with van der Waals surface area (Å²) in [6, 6.07) is 31.4. The normalized spacial score (nSPS) is 12.6. The van der Waals surface area contributed by atoms with Gasteiger partial charge in [-0.15, -0.1) is 0 Å². The molecule has 0 bridgehead atoms. The molecule has 248 valence electrons. The highest BCUT2D eigenvalue weighted by Crippen LogP contribution is 2.21. The van der Waals surface area contributed by atoms with Gasteiger partial charge in [-0.2, -0.15) is 11.8 Å². The number of rotatable bonds is 18. The molecule has 8 heteroatoms. The molecule has 4 aromatic rings. The smallest absolute Gasteiger partial charge is 0.326 e. The summed E-state index contributed by atoms with van der Waals surface area (Å²) in [5, 5.41) is 18.0. The van der Waals surface area contributed by atoms with Gasteiger partial charge in [0.05, 0.1) is 13.0 Å². The van der Waals surface area contributed by atoms with Gasteiger partial charge in [0.15, 0.2) is 0 Å². The fraction of sp³-hybridized carbons (Fsp3) is 0.359. The van der Waals surface area contributed by atoms with Crippen LogP contribution in [0.4, 0.5) is 0 Å². The fourth-order valence-corrected chi connectivity index (χ4v) is 6.49. The average molecular weight is 654 g/mol. The highest BCUT2D eigenvalue weighted by Gasteiger charge is 2.24. The maximum absolute atomic E-state index is 13.6. The average Bonchev–Trinajstić information content (AvgIpc) is 3.04. The predicted molar refractivity (Wildman–Crippen MR) is 193 cm³/mol. The molecule has 3 N–H and O–H groups in total. The second-order valence-electron chi connectivity index (χ2n) is 12.5. The van der Waals surface area contributed by atoms with E-state index in [-0.39, 0.29) is 30.8 Å². The number of benzene rings is 4. The van der Waals surface area contributed by atoms with Crippen molar-refractivity contribution in [2.24, 2.45) is 5.92 Å². The Balaban J connectivity index is 1.53. The van der Waals surface area contributed by atoms with E-state index >= 15 is 0 Å². The highest BCUT2D eigenvalue weighted by molar-refractivity contribution is 7.98. The van der Waals surface area contributed by atoms with Crippen LogP contribution in [0.1, 0.15) is 48.9 Å². The first-order chi connectivity index (χ1) is 22.7. The molecular formula is C39H47N3O4S. The van der Waals surface area contributed by atoms with E-state index in [4.69, 9.17) is 0 Å². The van der Waals surface area contributed by atoms with Crippen molar-refractivity contribution < 1.29 is 19.5 Å². The topological polar surface area (TPSA) is 98.7 Å². The molecule has 47 heavy (non-hydrogen) atoms. The fourth-order valence-electron chi connectivity index (χ4n) is 6.02. The molecule has 0 saturated heterocycles. The minimum absolute atomic E-state index is 0.0106. The summed E-state index contributed by atoms with van der Waals surface area (Å²) in [7, 11) is 0. The van der Waals surface area contributed by atoms with Crippen LogP contribution in [0.3, 0.4) is 0 Å². The first kappa shape index (κ1) is 35.7. The number of nitrogens with zero attached hydrogens (tertiary/aromatic N) is 1. The van der Waals surface area contributed by atoms with Crippen molar-refractivity contribution in [1.82, 2.24) is 15.5 Å². The summed E-state index contributed by atoms with van der Waals surface area (Å²) in [5.41, 5.74) is 4.38. The van der Waals surface area contributed by atoms with E-state index < -0.39 is 12.0 Å². The van der Waals surface area contributed by atoms with Crippen LogP contribution in [0.5, 0.6) is 0 Å². The Kier molecular flexibility index (Phi) is 13.9. The Morgan fingerprint density at radius 3 is 2.17 bits per heavy atom. The number of amides is 2. The number of fused-ring (bicyclic) bond motifs is 1. The first-order valence-corrected chi connectivity index (χ1v) is 17.7. The zero-order chi connectivity index (χ0) is 33.6. The standard InChI is InChI=1S/C39H47N3O4S/c1-28(2)22-34(40-37(43)24-32-16-8-7-15-31(32)23-29-12-5-4-6-13-29)26-42(27-38(44)41-36(39(45)46)20-21-47-3)25-33-18-11-17-30-14-9-10-19-35(30)33/h4-19,28,34,36H,20-27H2,1-3H3,(H,40,43)(H,41,44)(H,45,46)/t34-,36-/m0/s1. The Labute approximate surface area is 283 Å². The summed E-state index contributed by atoms with van der Waals surface area (Å²) in [6.07, 6.45) is 4.01. The lowest BCUT2D eigenvalue weighted by molar-refractivity contribution is -0.142. The van der Waals surface area contributed by atoms with Crippen molar-refractivity contribution in [3.05, 3.63) is 119 Å². The Morgan fingerprint density at radius 2 is 1.45 bits per heavy atom. The summed E-state index contributed by atoms with van der Waals surface area (Å²) >= 11 is 1.55. The number of carboxylic acids is 1. The van der Waals surface area contributed by atoms with Gasteiger partial charge in [0, 0.05) is 19.1 Å². The highest BCUT2D eigenvalue weighted by atomic mass is 32.2. The van der Waals surface area contributed by atoms with E-state index in [0.29, 0.717) is 31.2 Å². The van der Waals surface area contributed by atoms with E-state index in [1.165, 1.54) is 5.56 Å². The second kappa shape index (κ2) is 18.3. The van der Waals surface area contributed by atoms with E-state index in [0.717, 1.165) is 40.3 Å². The van der Waals surface area contributed by atoms with Crippen molar-refractivity contribution in [2.45, 2.75) is 58.2 Å². The molecule has 0 aliphatic carbocycles. The van der Waals surface area contributed by atoms with Crippen molar-refractivity contribution in [2.75, 3.05) is 25.1 Å². The minimum atomic E-state index is -1.04. The van der Waals surface area contributed by atoms with Gasteiger partial charge < -0.3 is 15.7 Å². The van der Waals surface area contributed by atoms with E-state index in [9.17, 15) is 19.5 Å². The number of carboxylic acid groups (broad SMARTS) is 1.